The predicted octanol–water partition coefficient (Wildman–Crippen LogP) is 6.60. The lowest BCUT2D eigenvalue weighted by Gasteiger charge is -2.08. The van der Waals surface area contributed by atoms with Crippen molar-refractivity contribution in [1.82, 2.24) is 4.98 Å². The highest BCUT2D eigenvalue weighted by molar-refractivity contribution is 14.1. The molecule has 0 aliphatic heterocycles. The van der Waals surface area contributed by atoms with Crippen molar-refractivity contribution in [2.75, 3.05) is 10.6 Å². The zero-order valence-corrected chi connectivity index (χ0v) is 19.9. The Morgan fingerprint density at radius 1 is 0.706 bits per heavy atom. The van der Waals surface area contributed by atoms with Crippen LogP contribution in [0.3, 0.4) is 0 Å². The van der Waals surface area contributed by atoms with Gasteiger partial charge in [-0.25, -0.2) is 4.98 Å². The van der Waals surface area contributed by atoms with Gasteiger partial charge < -0.3 is 15.1 Å². The van der Waals surface area contributed by atoms with E-state index in [0.717, 1.165) is 20.2 Å². The maximum absolute atomic E-state index is 12.6. The summed E-state index contributed by atoms with van der Waals surface area (Å²) in [6.07, 6.45) is 0. The lowest BCUT2D eigenvalue weighted by atomic mass is 10.1. The van der Waals surface area contributed by atoms with Crippen molar-refractivity contribution in [3.05, 3.63) is 112 Å². The Kier molecular flexibility index (Phi) is 6.09. The van der Waals surface area contributed by atoms with Gasteiger partial charge in [0.1, 0.15) is 5.52 Å². The second-order valence-electron chi connectivity index (χ2n) is 7.56. The number of hydrogen-bond donors (Lipinski definition) is 2. The van der Waals surface area contributed by atoms with Crippen LogP contribution >= 0.6 is 22.6 Å². The Morgan fingerprint density at radius 3 is 2.03 bits per heavy atom. The van der Waals surface area contributed by atoms with Crippen LogP contribution in [0.25, 0.3) is 22.6 Å². The molecular formula is C27H18IN3O3. The molecule has 0 aliphatic carbocycles. The SMILES string of the molecule is O=C(Nc1ccc(-c2nc3ccccc3o2)cc1)c1ccc(NC(=O)c2cccc(I)c2)cc1. The van der Waals surface area contributed by atoms with Crippen molar-refractivity contribution in [1.29, 1.82) is 0 Å². The van der Waals surface area contributed by atoms with Crippen LogP contribution in [-0.2, 0) is 0 Å². The van der Waals surface area contributed by atoms with Crippen molar-refractivity contribution >= 4 is 56.9 Å². The minimum atomic E-state index is -0.245. The number of amides is 2. The number of carbonyl (C=O) groups is 2. The highest BCUT2D eigenvalue weighted by Gasteiger charge is 2.11. The molecular weight excluding hydrogens is 541 g/mol. The molecule has 1 aromatic heterocycles. The van der Waals surface area contributed by atoms with Gasteiger partial charge in [-0.1, -0.05) is 18.2 Å². The zero-order valence-electron chi connectivity index (χ0n) is 17.8. The van der Waals surface area contributed by atoms with E-state index in [4.69, 9.17) is 4.42 Å². The highest BCUT2D eigenvalue weighted by Crippen LogP contribution is 2.25. The Labute approximate surface area is 209 Å². The van der Waals surface area contributed by atoms with Crippen molar-refractivity contribution in [3.8, 4) is 11.5 Å². The van der Waals surface area contributed by atoms with Crippen molar-refractivity contribution in [2.24, 2.45) is 0 Å². The van der Waals surface area contributed by atoms with Crippen LogP contribution in [0.4, 0.5) is 11.4 Å². The predicted molar refractivity (Wildman–Crippen MR) is 141 cm³/mol. The molecule has 5 aromatic rings. The third kappa shape index (κ3) is 4.84. The normalized spacial score (nSPS) is 10.7. The number of oxazole rings is 1. The standard InChI is InChI=1S/C27H18IN3O3/c28-20-5-3-4-19(16-20)26(33)30-21-12-8-17(9-13-21)25(32)29-22-14-10-18(11-15-22)27-31-23-6-1-2-7-24(23)34-27/h1-16H,(H,29,32)(H,30,33). The van der Waals surface area contributed by atoms with Gasteiger partial charge in [-0.2, -0.15) is 0 Å². The summed E-state index contributed by atoms with van der Waals surface area (Å²) >= 11 is 2.17. The number of para-hydroxylation sites is 2. The number of fused-ring (bicyclic) bond motifs is 1. The van der Waals surface area contributed by atoms with E-state index in [1.807, 2.05) is 54.6 Å². The minimum absolute atomic E-state index is 0.199. The van der Waals surface area contributed by atoms with Gasteiger partial charge in [0, 0.05) is 31.6 Å². The molecule has 6 nitrogen and oxygen atoms in total. The summed E-state index contributed by atoms with van der Waals surface area (Å²) in [5, 5.41) is 5.72. The van der Waals surface area contributed by atoms with Crippen LogP contribution in [0.5, 0.6) is 0 Å². The molecule has 2 N–H and O–H groups in total. The molecule has 5 rings (SSSR count). The number of carbonyl (C=O) groups excluding carboxylic acids is 2. The summed E-state index contributed by atoms with van der Waals surface area (Å²) in [5.41, 5.74) is 4.68. The lowest BCUT2D eigenvalue weighted by Crippen LogP contribution is -2.13. The molecule has 166 valence electrons. The molecule has 1 heterocycles. The monoisotopic (exact) mass is 559 g/mol. The van der Waals surface area contributed by atoms with E-state index in [0.29, 0.717) is 28.4 Å². The summed E-state index contributed by atoms with van der Waals surface area (Å²) in [4.78, 5) is 29.5. The van der Waals surface area contributed by atoms with Crippen molar-refractivity contribution < 1.29 is 14.0 Å². The molecule has 7 heteroatoms. The number of anilines is 2. The Bertz CT molecular complexity index is 1460. The van der Waals surface area contributed by atoms with E-state index in [1.165, 1.54) is 0 Å². The summed E-state index contributed by atoms with van der Waals surface area (Å²) in [5.74, 6) is 0.0850. The third-order valence-electron chi connectivity index (χ3n) is 5.18. The summed E-state index contributed by atoms with van der Waals surface area (Å²) in [7, 11) is 0. The second-order valence-corrected chi connectivity index (χ2v) is 8.81. The maximum atomic E-state index is 12.6. The average Bonchev–Trinajstić information content (AvgIpc) is 3.29. The number of halogens is 1. The largest absolute Gasteiger partial charge is 0.436 e. The topological polar surface area (TPSA) is 84.2 Å². The fourth-order valence-electron chi connectivity index (χ4n) is 3.43. The van der Waals surface area contributed by atoms with Crippen LogP contribution in [0, 0.1) is 3.57 Å². The molecule has 0 fully saturated rings. The van der Waals surface area contributed by atoms with Gasteiger partial charge in [-0.05, 0) is 101 Å². The summed E-state index contributed by atoms with van der Waals surface area (Å²) in [6, 6.07) is 29.0. The Hall–Kier alpha value is -3.98. The van der Waals surface area contributed by atoms with E-state index in [9.17, 15) is 9.59 Å². The van der Waals surface area contributed by atoms with Gasteiger partial charge in [0.2, 0.25) is 5.89 Å². The minimum Gasteiger partial charge on any atom is -0.436 e. The van der Waals surface area contributed by atoms with Gasteiger partial charge in [-0.3, -0.25) is 9.59 Å². The molecule has 2 amide bonds. The highest BCUT2D eigenvalue weighted by atomic mass is 127. The van der Waals surface area contributed by atoms with Gasteiger partial charge in [0.25, 0.3) is 11.8 Å². The first-order chi connectivity index (χ1) is 16.5. The molecule has 34 heavy (non-hydrogen) atoms. The Balaban J connectivity index is 1.23. The molecule has 0 atom stereocenters. The van der Waals surface area contributed by atoms with Crippen LogP contribution in [0.1, 0.15) is 20.7 Å². The van der Waals surface area contributed by atoms with Crippen LogP contribution in [0.15, 0.2) is 101 Å². The molecule has 0 aliphatic rings. The van der Waals surface area contributed by atoms with E-state index >= 15 is 0 Å². The number of hydrogen-bond acceptors (Lipinski definition) is 4. The van der Waals surface area contributed by atoms with E-state index in [1.54, 1.807) is 42.5 Å². The van der Waals surface area contributed by atoms with Gasteiger partial charge in [0.05, 0.1) is 0 Å². The van der Waals surface area contributed by atoms with Gasteiger partial charge in [-0.15, -0.1) is 0 Å². The van der Waals surface area contributed by atoms with Crippen LogP contribution in [-0.4, -0.2) is 16.8 Å². The number of nitrogens with zero attached hydrogens (tertiary/aromatic N) is 1. The van der Waals surface area contributed by atoms with Crippen LogP contribution < -0.4 is 10.6 Å². The molecule has 0 radical (unpaired) electrons. The molecule has 0 saturated heterocycles. The molecule has 0 saturated carbocycles. The number of nitrogens with one attached hydrogen (secondary N) is 2. The maximum Gasteiger partial charge on any atom is 0.255 e. The van der Waals surface area contributed by atoms with E-state index in [2.05, 4.69) is 38.2 Å². The van der Waals surface area contributed by atoms with E-state index in [-0.39, 0.29) is 11.8 Å². The lowest BCUT2D eigenvalue weighted by molar-refractivity contribution is 0.102. The zero-order chi connectivity index (χ0) is 23.5. The molecule has 4 aromatic carbocycles. The average molecular weight is 559 g/mol. The van der Waals surface area contributed by atoms with Gasteiger partial charge >= 0.3 is 0 Å². The number of rotatable bonds is 5. The first kappa shape index (κ1) is 21.8. The fourth-order valence-corrected chi connectivity index (χ4v) is 3.98. The first-order valence-electron chi connectivity index (χ1n) is 10.5. The quantitative estimate of drug-likeness (QED) is 0.238. The van der Waals surface area contributed by atoms with Crippen molar-refractivity contribution in [3.63, 3.8) is 0 Å². The first-order valence-corrected chi connectivity index (χ1v) is 11.6. The fraction of sp³-hybridized carbons (Fsp3) is 0. The summed E-state index contributed by atoms with van der Waals surface area (Å²) < 4.78 is 6.77. The third-order valence-corrected chi connectivity index (χ3v) is 5.85. The molecule has 0 bridgehead atoms. The summed E-state index contributed by atoms with van der Waals surface area (Å²) in [6.45, 7) is 0. The number of benzene rings is 4. The Morgan fingerprint density at radius 2 is 1.35 bits per heavy atom. The van der Waals surface area contributed by atoms with Crippen molar-refractivity contribution in [2.45, 2.75) is 0 Å². The smallest absolute Gasteiger partial charge is 0.255 e. The van der Waals surface area contributed by atoms with Gasteiger partial charge in [0.15, 0.2) is 5.58 Å². The van der Waals surface area contributed by atoms with E-state index < -0.39 is 0 Å². The van der Waals surface area contributed by atoms with Crippen LogP contribution in [0.2, 0.25) is 0 Å². The second kappa shape index (κ2) is 9.48. The molecule has 0 unspecified atom stereocenters. The molecule has 0 spiro atoms. The number of aromatic nitrogens is 1.